The summed E-state index contributed by atoms with van der Waals surface area (Å²) in [7, 11) is 0. The summed E-state index contributed by atoms with van der Waals surface area (Å²) in [5.74, 6) is 0. The molecule has 0 radical (unpaired) electrons. The van der Waals surface area contributed by atoms with Gasteiger partial charge in [0.15, 0.2) is 0 Å². The van der Waals surface area contributed by atoms with Gasteiger partial charge in [0.05, 0.1) is 0 Å². The molecule has 1 rings (SSSR count). The van der Waals surface area contributed by atoms with E-state index in [1.54, 1.807) is 0 Å². The van der Waals surface area contributed by atoms with Gasteiger partial charge in [-0.15, -0.1) is 0 Å². The van der Waals surface area contributed by atoms with E-state index in [2.05, 4.69) is 33.0 Å². The first-order chi connectivity index (χ1) is 6.90. The summed E-state index contributed by atoms with van der Waals surface area (Å²) in [5, 5.41) is 12.7. The minimum Gasteiger partial charge on any atom is -0.396 e. The quantitative estimate of drug-likeness (QED) is 0.637. The van der Waals surface area contributed by atoms with Crippen molar-refractivity contribution >= 4 is 0 Å². The van der Waals surface area contributed by atoms with Crippen molar-refractivity contribution < 1.29 is 5.11 Å². The van der Waals surface area contributed by atoms with Gasteiger partial charge in [-0.05, 0) is 50.0 Å². The largest absolute Gasteiger partial charge is 0.396 e. The van der Waals surface area contributed by atoms with Gasteiger partial charge < -0.3 is 10.4 Å². The van der Waals surface area contributed by atoms with Gasteiger partial charge in [0, 0.05) is 12.6 Å². The molecular weight excluding hydrogens is 186 g/mol. The zero-order valence-corrected chi connectivity index (χ0v) is 10.8. The Kier molecular flexibility index (Phi) is 4.19. The molecule has 0 amide bonds. The number of nitrogens with one attached hydrogen (secondary N) is 1. The molecule has 0 bridgehead atoms. The van der Waals surface area contributed by atoms with Gasteiger partial charge in [-0.2, -0.15) is 0 Å². The zero-order valence-electron chi connectivity index (χ0n) is 10.8. The Balaban J connectivity index is 2.06. The second-order valence-corrected chi connectivity index (χ2v) is 6.26. The van der Waals surface area contributed by atoms with Crippen LogP contribution in [-0.2, 0) is 0 Å². The third-order valence-electron chi connectivity index (χ3n) is 3.99. The minimum absolute atomic E-state index is 0.0917. The SMILES string of the molecule is CC(NCCCC(C)(C)CO)C1(C)CC1. The Labute approximate surface area is 94.5 Å². The van der Waals surface area contributed by atoms with E-state index >= 15 is 0 Å². The fourth-order valence-corrected chi connectivity index (χ4v) is 1.84. The van der Waals surface area contributed by atoms with Crippen LogP contribution in [0.1, 0.15) is 53.4 Å². The Morgan fingerprint density at radius 1 is 1.40 bits per heavy atom. The molecule has 2 heteroatoms. The highest BCUT2D eigenvalue weighted by atomic mass is 16.3. The van der Waals surface area contributed by atoms with E-state index in [-0.39, 0.29) is 5.41 Å². The van der Waals surface area contributed by atoms with Crippen LogP contribution in [0.4, 0.5) is 0 Å². The van der Waals surface area contributed by atoms with Crippen molar-refractivity contribution in [3.63, 3.8) is 0 Å². The van der Waals surface area contributed by atoms with E-state index in [1.165, 1.54) is 12.8 Å². The molecule has 2 N–H and O–H groups in total. The second kappa shape index (κ2) is 4.84. The Morgan fingerprint density at radius 3 is 2.47 bits per heavy atom. The predicted molar refractivity (Wildman–Crippen MR) is 64.9 cm³/mol. The number of hydrogen-bond donors (Lipinski definition) is 2. The lowest BCUT2D eigenvalue weighted by Crippen LogP contribution is -2.34. The Morgan fingerprint density at radius 2 is 2.00 bits per heavy atom. The lowest BCUT2D eigenvalue weighted by atomic mass is 9.89. The van der Waals surface area contributed by atoms with Crippen molar-refractivity contribution in [2.24, 2.45) is 10.8 Å². The molecule has 1 aliphatic rings. The van der Waals surface area contributed by atoms with Crippen LogP contribution in [0.2, 0.25) is 0 Å². The Bertz CT molecular complexity index is 197. The maximum absolute atomic E-state index is 9.12. The first-order valence-electron chi connectivity index (χ1n) is 6.24. The molecule has 1 unspecified atom stereocenters. The van der Waals surface area contributed by atoms with E-state index < -0.39 is 0 Å². The number of hydrogen-bond acceptors (Lipinski definition) is 2. The molecule has 0 aromatic heterocycles. The summed E-state index contributed by atoms with van der Waals surface area (Å²) in [6.07, 6.45) is 5.01. The third-order valence-corrected chi connectivity index (χ3v) is 3.99. The number of aliphatic hydroxyl groups excluding tert-OH is 1. The molecule has 1 saturated carbocycles. The highest BCUT2D eigenvalue weighted by molar-refractivity contribution is 4.96. The molecule has 15 heavy (non-hydrogen) atoms. The van der Waals surface area contributed by atoms with Gasteiger partial charge in [-0.3, -0.25) is 0 Å². The zero-order chi connectivity index (χ0) is 11.5. The summed E-state index contributed by atoms with van der Waals surface area (Å²) >= 11 is 0. The van der Waals surface area contributed by atoms with Crippen molar-refractivity contribution in [2.75, 3.05) is 13.2 Å². The van der Waals surface area contributed by atoms with E-state index in [9.17, 15) is 0 Å². The fraction of sp³-hybridized carbons (Fsp3) is 1.00. The number of aliphatic hydroxyl groups is 1. The van der Waals surface area contributed by atoms with Crippen LogP contribution in [0.25, 0.3) is 0 Å². The summed E-state index contributed by atoms with van der Waals surface area (Å²) in [6.45, 7) is 10.3. The highest BCUT2D eigenvalue weighted by Gasteiger charge is 2.41. The van der Waals surface area contributed by atoms with Gasteiger partial charge in [0.1, 0.15) is 0 Å². The standard InChI is InChI=1S/C13H27NO/c1-11(13(4)7-8-13)14-9-5-6-12(2,3)10-15/h11,14-15H,5-10H2,1-4H3. The van der Waals surface area contributed by atoms with Crippen LogP contribution in [0.5, 0.6) is 0 Å². The maximum atomic E-state index is 9.12. The van der Waals surface area contributed by atoms with Gasteiger partial charge >= 0.3 is 0 Å². The first kappa shape index (κ1) is 13.0. The van der Waals surface area contributed by atoms with E-state index in [0.29, 0.717) is 18.1 Å². The predicted octanol–water partition coefficient (Wildman–Crippen LogP) is 2.56. The Hall–Kier alpha value is -0.0800. The molecule has 1 aliphatic carbocycles. The molecule has 0 spiro atoms. The smallest absolute Gasteiger partial charge is 0.0482 e. The minimum atomic E-state index is 0.0917. The molecule has 0 aliphatic heterocycles. The second-order valence-electron chi connectivity index (χ2n) is 6.26. The van der Waals surface area contributed by atoms with Crippen molar-refractivity contribution in [3.05, 3.63) is 0 Å². The lowest BCUT2D eigenvalue weighted by Gasteiger charge is -2.24. The summed E-state index contributed by atoms with van der Waals surface area (Å²) in [5.41, 5.74) is 0.668. The average Bonchev–Trinajstić information content (AvgIpc) is 2.92. The summed E-state index contributed by atoms with van der Waals surface area (Å²) < 4.78 is 0. The average molecular weight is 213 g/mol. The first-order valence-corrected chi connectivity index (χ1v) is 6.24. The maximum Gasteiger partial charge on any atom is 0.0482 e. The monoisotopic (exact) mass is 213 g/mol. The topological polar surface area (TPSA) is 32.3 Å². The van der Waals surface area contributed by atoms with Gasteiger partial charge in [-0.25, -0.2) is 0 Å². The van der Waals surface area contributed by atoms with Crippen LogP contribution < -0.4 is 5.32 Å². The molecule has 0 saturated heterocycles. The molecule has 0 heterocycles. The normalized spacial score (nSPS) is 21.4. The molecule has 1 fully saturated rings. The van der Waals surface area contributed by atoms with Crippen LogP contribution in [0, 0.1) is 10.8 Å². The van der Waals surface area contributed by atoms with E-state index in [1.807, 2.05) is 0 Å². The van der Waals surface area contributed by atoms with Crippen molar-refractivity contribution in [1.29, 1.82) is 0 Å². The van der Waals surface area contributed by atoms with Gasteiger partial charge in [0.2, 0.25) is 0 Å². The third kappa shape index (κ3) is 4.12. The fourth-order valence-electron chi connectivity index (χ4n) is 1.84. The van der Waals surface area contributed by atoms with Crippen molar-refractivity contribution in [3.8, 4) is 0 Å². The van der Waals surface area contributed by atoms with Crippen molar-refractivity contribution in [2.45, 2.75) is 59.4 Å². The molecule has 0 aromatic rings. The van der Waals surface area contributed by atoms with Crippen LogP contribution >= 0.6 is 0 Å². The lowest BCUT2D eigenvalue weighted by molar-refractivity contribution is 0.147. The number of rotatable bonds is 7. The van der Waals surface area contributed by atoms with Gasteiger partial charge in [0.25, 0.3) is 0 Å². The molecule has 2 nitrogen and oxygen atoms in total. The molecular formula is C13H27NO. The summed E-state index contributed by atoms with van der Waals surface area (Å²) in [6, 6.07) is 0.648. The van der Waals surface area contributed by atoms with Crippen LogP contribution in [0.3, 0.4) is 0 Å². The molecule has 1 atom stereocenters. The van der Waals surface area contributed by atoms with Crippen molar-refractivity contribution in [1.82, 2.24) is 5.32 Å². The van der Waals surface area contributed by atoms with E-state index in [0.717, 1.165) is 19.4 Å². The van der Waals surface area contributed by atoms with Crippen LogP contribution in [0.15, 0.2) is 0 Å². The van der Waals surface area contributed by atoms with E-state index in [4.69, 9.17) is 5.11 Å². The van der Waals surface area contributed by atoms with Crippen LogP contribution in [-0.4, -0.2) is 24.3 Å². The van der Waals surface area contributed by atoms with Gasteiger partial charge in [-0.1, -0.05) is 20.8 Å². The molecule has 0 aromatic carbocycles. The molecule has 90 valence electrons. The summed E-state index contributed by atoms with van der Waals surface area (Å²) in [4.78, 5) is 0. The highest BCUT2D eigenvalue weighted by Crippen LogP contribution is 2.47.